The molecule has 1 fully saturated rings. The van der Waals surface area contributed by atoms with Crippen LogP contribution in [0.2, 0.25) is 10.0 Å². The molecule has 0 N–H and O–H groups in total. The number of ether oxygens (including phenoxy) is 1. The summed E-state index contributed by atoms with van der Waals surface area (Å²) in [5, 5.41) is 1.90. The lowest BCUT2D eigenvalue weighted by atomic mass is 10.1. The van der Waals surface area contributed by atoms with Gasteiger partial charge in [-0.15, -0.1) is 0 Å². The molecule has 0 aromatic heterocycles. The quantitative estimate of drug-likeness (QED) is 0.204. The number of thioether (sulfide) groups is 1. The molecule has 4 aromatic carbocycles. The molecule has 1 aliphatic rings. The van der Waals surface area contributed by atoms with Gasteiger partial charge in [0.15, 0.2) is 5.17 Å². The van der Waals surface area contributed by atoms with Crippen LogP contribution in [0.3, 0.4) is 0 Å². The third kappa shape index (κ3) is 6.67. The van der Waals surface area contributed by atoms with Crippen LogP contribution in [0.5, 0.6) is 5.75 Å². The van der Waals surface area contributed by atoms with E-state index >= 15 is 0 Å². The molecule has 0 saturated carbocycles. The summed E-state index contributed by atoms with van der Waals surface area (Å²) in [6.07, 6.45) is 1.83. The Morgan fingerprint density at radius 1 is 0.789 bits per heavy atom. The number of rotatable bonds is 8. The average molecular weight is 560 g/mol. The molecular weight excluding hydrogens is 535 g/mol. The summed E-state index contributed by atoms with van der Waals surface area (Å²) in [5.41, 5.74) is 3.83. The predicted molar refractivity (Wildman–Crippen MR) is 157 cm³/mol. The minimum Gasteiger partial charge on any atom is -0.488 e. The number of nitrogens with zero attached hydrogens (tertiary/aromatic N) is 2. The van der Waals surface area contributed by atoms with E-state index < -0.39 is 0 Å². The van der Waals surface area contributed by atoms with E-state index in [0.29, 0.717) is 45.6 Å². The van der Waals surface area contributed by atoms with E-state index in [4.69, 9.17) is 32.9 Å². The van der Waals surface area contributed by atoms with Crippen molar-refractivity contribution in [3.8, 4) is 5.75 Å². The molecule has 0 radical (unpaired) electrons. The molecule has 0 atom stereocenters. The van der Waals surface area contributed by atoms with E-state index in [1.165, 1.54) is 11.8 Å². The predicted octanol–water partition coefficient (Wildman–Crippen LogP) is 8.25. The van der Waals surface area contributed by atoms with E-state index in [1.54, 1.807) is 17.0 Å². The molecule has 0 bridgehead atoms. The molecule has 1 heterocycles. The number of amidine groups is 1. The second kappa shape index (κ2) is 12.4. The summed E-state index contributed by atoms with van der Waals surface area (Å²) in [6, 6.07) is 32.8. The summed E-state index contributed by atoms with van der Waals surface area (Å²) in [5.74, 6) is 0.531. The second-order valence-electron chi connectivity index (χ2n) is 8.67. The van der Waals surface area contributed by atoms with Gasteiger partial charge in [0.2, 0.25) is 0 Å². The van der Waals surface area contributed by atoms with Crippen LogP contribution in [0.1, 0.15) is 22.3 Å². The Morgan fingerprint density at radius 2 is 1.45 bits per heavy atom. The Kier molecular flexibility index (Phi) is 8.49. The lowest BCUT2D eigenvalue weighted by molar-refractivity contribution is -0.122. The molecule has 1 aliphatic heterocycles. The highest BCUT2D eigenvalue weighted by Gasteiger charge is 2.33. The van der Waals surface area contributed by atoms with Gasteiger partial charge in [-0.25, -0.2) is 0 Å². The van der Waals surface area contributed by atoms with Gasteiger partial charge in [0.25, 0.3) is 5.91 Å². The Bertz CT molecular complexity index is 1470. The highest BCUT2D eigenvalue weighted by atomic mass is 35.5. The Hall–Kier alpha value is -3.51. The van der Waals surface area contributed by atoms with E-state index in [9.17, 15) is 4.79 Å². The molecule has 38 heavy (non-hydrogen) atoms. The van der Waals surface area contributed by atoms with Gasteiger partial charge < -0.3 is 4.74 Å². The molecule has 0 unspecified atom stereocenters. The fraction of sp³-hybridized carbons (Fsp3) is 0.0968. The van der Waals surface area contributed by atoms with Crippen LogP contribution in [-0.4, -0.2) is 16.0 Å². The minimum absolute atomic E-state index is 0.103. The number of benzene rings is 4. The zero-order valence-corrected chi connectivity index (χ0v) is 22.7. The zero-order chi connectivity index (χ0) is 26.3. The van der Waals surface area contributed by atoms with Crippen molar-refractivity contribution < 1.29 is 9.53 Å². The number of amides is 1. The highest BCUT2D eigenvalue weighted by Crippen LogP contribution is 2.36. The topological polar surface area (TPSA) is 41.9 Å². The van der Waals surface area contributed by atoms with Crippen LogP contribution in [0.25, 0.3) is 6.08 Å². The molecule has 4 nitrogen and oxygen atoms in total. The van der Waals surface area contributed by atoms with Gasteiger partial charge in [-0.05, 0) is 64.9 Å². The van der Waals surface area contributed by atoms with Crippen molar-refractivity contribution in [2.45, 2.75) is 19.7 Å². The lowest BCUT2D eigenvalue weighted by Gasteiger charge is -2.15. The average Bonchev–Trinajstić information content (AvgIpc) is 3.22. The monoisotopic (exact) mass is 558 g/mol. The molecule has 190 valence electrons. The van der Waals surface area contributed by atoms with Crippen LogP contribution in [-0.2, 0) is 24.5 Å². The van der Waals surface area contributed by atoms with Crippen molar-refractivity contribution in [3.63, 3.8) is 0 Å². The van der Waals surface area contributed by atoms with Crippen molar-refractivity contribution in [1.29, 1.82) is 0 Å². The third-order valence-electron chi connectivity index (χ3n) is 5.88. The molecule has 4 aromatic rings. The van der Waals surface area contributed by atoms with Crippen LogP contribution in [0, 0.1) is 0 Å². The summed E-state index contributed by atoms with van der Waals surface area (Å²) < 4.78 is 6.11. The molecule has 5 rings (SSSR count). The minimum atomic E-state index is -0.103. The largest absolute Gasteiger partial charge is 0.488 e. The molecule has 1 saturated heterocycles. The number of hydrogen-bond acceptors (Lipinski definition) is 4. The van der Waals surface area contributed by atoms with E-state index in [2.05, 4.69) is 0 Å². The fourth-order valence-corrected chi connectivity index (χ4v) is 5.19. The van der Waals surface area contributed by atoms with E-state index in [0.717, 1.165) is 22.3 Å². The Balaban J connectivity index is 1.43. The number of hydrogen-bond donors (Lipinski definition) is 0. The number of carbonyl (C=O) groups is 1. The smallest absolute Gasteiger partial charge is 0.267 e. The van der Waals surface area contributed by atoms with Crippen molar-refractivity contribution in [1.82, 2.24) is 4.90 Å². The summed E-state index contributed by atoms with van der Waals surface area (Å²) in [7, 11) is 0. The third-order valence-corrected chi connectivity index (χ3v) is 7.41. The number of carbonyl (C=O) groups excluding carboxylic acids is 1. The summed E-state index contributed by atoms with van der Waals surface area (Å²) in [6.45, 7) is 1.29. The first-order chi connectivity index (χ1) is 18.5. The van der Waals surface area contributed by atoms with Gasteiger partial charge in [-0.2, -0.15) is 0 Å². The number of halogens is 2. The van der Waals surface area contributed by atoms with Gasteiger partial charge in [-0.1, -0.05) is 96.0 Å². The van der Waals surface area contributed by atoms with E-state index in [1.807, 2.05) is 97.1 Å². The highest BCUT2D eigenvalue weighted by molar-refractivity contribution is 8.18. The van der Waals surface area contributed by atoms with Gasteiger partial charge in [-0.3, -0.25) is 14.7 Å². The molecule has 0 aliphatic carbocycles. The lowest BCUT2D eigenvalue weighted by Crippen LogP contribution is -2.28. The van der Waals surface area contributed by atoms with Crippen molar-refractivity contribution >= 4 is 52.1 Å². The molecule has 7 heteroatoms. The molecule has 1 amide bonds. The normalized spacial score (nSPS) is 15.4. The summed E-state index contributed by atoms with van der Waals surface area (Å²) >= 11 is 13.7. The Morgan fingerprint density at radius 3 is 2.16 bits per heavy atom. The zero-order valence-electron chi connectivity index (χ0n) is 20.4. The maximum absolute atomic E-state index is 13.6. The van der Waals surface area contributed by atoms with Gasteiger partial charge in [0, 0.05) is 15.6 Å². The molecule has 0 spiro atoms. The van der Waals surface area contributed by atoms with Crippen molar-refractivity contribution in [2.24, 2.45) is 4.99 Å². The maximum Gasteiger partial charge on any atom is 0.267 e. The van der Waals surface area contributed by atoms with Crippen LogP contribution < -0.4 is 4.74 Å². The van der Waals surface area contributed by atoms with Gasteiger partial charge in [0.05, 0.1) is 18.0 Å². The van der Waals surface area contributed by atoms with Crippen molar-refractivity contribution in [2.75, 3.05) is 0 Å². The summed E-state index contributed by atoms with van der Waals surface area (Å²) in [4.78, 5) is 20.7. The Labute approximate surface area is 236 Å². The van der Waals surface area contributed by atoms with Crippen LogP contribution >= 0.6 is 35.0 Å². The van der Waals surface area contributed by atoms with Gasteiger partial charge >= 0.3 is 0 Å². The SMILES string of the molecule is O=C1/C(=C\c2cc(Cl)ccc2OCc2ccc(Cl)cc2)SC(=NCc2ccccc2)N1Cc1ccccc1. The molecular formula is C31H24Cl2N2O2S. The first-order valence-corrected chi connectivity index (χ1v) is 13.6. The van der Waals surface area contributed by atoms with E-state index in [-0.39, 0.29) is 5.91 Å². The number of aliphatic imine (C=N–C) groups is 1. The fourth-order valence-electron chi connectivity index (χ4n) is 3.92. The standard InChI is InChI=1S/C31H24Cl2N2O2S/c32-26-13-11-24(12-14-26)21-37-28-16-15-27(33)17-25(28)18-29-30(36)35(20-23-9-5-2-6-10-23)31(38-29)34-19-22-7-3-1-4-8-22/h1-18H,19-21H2/b29-18+,34-31?. The first-order valence-electron chi connectivity index (χ1n) is 12.1. The van der Waals surface area contributed by atoms with Crippen LogP contribution in [0.4, 0.5) is 0 Å². The van der Waals surface area contributed by atoms with Crippen LogP contribution in [0.15, 0.2) is 113 Å². The maximum atomic E-state index is 13.6. The first kappa shape index (κ1) is 26.1. The van der Waals surface area contributed by atoms with Gasteiger partial charge in [0.1, 0.15) is 12.4 Å². The van der Waals surface area contributed by atoms with Crippen molar-refractivity contribution in [3.05, 3.63) is 140 Å². The second-order valence-corrected chi connectivity index (χ2v) is 10.6.